The summed E-state index contributed by atoms with van der Waals surface area (Å²) in [6.45, 7) is 2.36. The van der Waals surface area contributed by atoms with Crippen molar-refractivity contribution in [3.05, 3.63) is 54.1 Å². The minimum Gasteiger partial charge on any atom is -0.504 e. The first-order valence-electron chi connectivity index (χ1n) is 6.85. The van der Waals surface area contributed by atoms with Crippen LogP contribution in [0.5, 0.6) is 11.5 Å². The highest BCUT2D eigenvalue weighted by Crippen LogP contribution is 2.25. The van der Waals surface area contributed by atoms with Gasteiger partial charge in [-0.3, -0.25) is 0 Å². The van der Waals surface area contributed by atoms with E-state index in [4.69, 9.17) is 17.0 Å². The molecular formula is C16H18N3O2S+. The second-order valence-electron chi connectivity index (χ2n) is 4.39. The molecule has 0 fully saturated rings. The number of phenolic OH excluding ortho intramolecular Hbond substituents is 1. The fourth-order valence-electron chi connectivity index (χ4n) is 1.76. The summed E-state index contributed by atoms with van der Waals surface area (Å²) < 4.78 is 5.33. The molecule has 2 aromatic carbocycles. The molecule has 0 aliphatic heterocycles. The smallest absolute Gasteiger partial charge is 0.228 e. The van der Waals surface area contributed by atoms with Crippen molar-refractivity contribution in [2.24, 2.45) is 0 Å². The normalized spacial score (nSPS) is 10.4. The lowest BCUT2D eigenvalue weighted by atomic mass is 10.2. The summed E-state index contributed by atoms with van der Waals surface area (Å²) in [5.74, 6) is 0.566. The first-order valence-corrected chi connectivity index (χ1v) is 7.26. The molecular weight excluding hydrogens is 298 g/mol. The average molecular weight is 316 g/mol. The van der Waals surface area contributed by atoms with Gasteiger partial charge in [0.1, 0.15) is 0 Å². The Morgan fingerprint density at radius 1 is 1.27 bits per heavy atom. The molecule has 0 saturated heterocycles. The van der Waals surface area contributed by atoms with Gasteiger partial charge in [0.15, 0.2) is 17.7 Å². The number of nitrogens with one attached hydrogen (secondary N) is 3. The van der Waals surface area contributed by atoms with Crippen LogP contribution < -0.4 is 20.6 Å². The highest BCUT2D eigenvalue weighted by atomic mass is 32.1. The van der Waals surface area contributed by atoms with Crippen molar-refractivity contribution in [1.82, 2.24) is 5.43 Å². The molecule has 0 spiro atoms. The van der Waals surface area contributed by atoms with E-state index in [9.17, 15) is 5.11 Å². The van der Waals surface area contributed by atoms with E-state index in [1.165, 1.54) is 0 Å². The molecule has 6 heteroatoms. The first kappa shape index (κ1) is 15.8. The Hall–Kier alpha value is -2.60. The number of hydrogen-bond acceptors (Lipinski definition) is 3. The number of rotatable bonds is 5. The maximum atomic E-state index is 9.64. The van der Waals surface area contributed by atoms with Gasteiger partial charge in [-0.15, -0.1) is 10.5 Å². The molecule has 0 amide bonds. The summed E-state index contributed by atoms with van der Waals surface area (Å²) in [6, 6.07) is 14.7. The molecule has 0 heterocycles. The van der Waals surface area contributed by atoms with E-state index in [2.05, 4.69) is 15.8 Å². The minimum atomic E-state index is 0.119. The predicted molar refractivity (Wildman–Crippen MR) is 91.2 cm³/mol. The van der Waals surface area contributed by atoms with Crippen LogP contribution in [0, 0.1) is 0 Å². The zero-order chi connectivity index (χ0) is 15.8. The molecule has 0 atom stereocenters. The van der Waals surface area contributed by atoms with Gasteiger partial charge in [-0.05, 0) is 49.5 Å². The maximum absolute atomic E-state index is 9.64. The van der Waals surface area contributed by atoms with Gasteiger partial charge in [0.25, 0.3) is 0 Å². The van der Waals surface area contributed by atoms with Crippen LogP contribution in [0.25, 0.3) is 0 Å². The number of hydrogen-bond donors (Lipinski definition) is 4. The number of anilines is 1. The molecule has 114 valence electrons. The van der Waals surface area contributed by atoms with Gasteiger partial charge in [-0.2, -0.15) is 0 Å². The summed E-state index contributed by atoms with van der Waals surface area (Å²) in [5, 5.41) is 16.0. The Morgan fingerprint density at radius 2 is 2.05 bits per heavy atom. The lowest BCUT2D eigenvalue weighted by Gasteiger charge is -2.05. The summed E-state index contributed by atoms with van der Waals surface area (Å²) in [4.78, 5) is 0. The van der Waals surface area contributed by atoms with Crippen molar-refractivity contribution in [2.75, 3.05) is 11.9 Å². The molecule has 0 aliphatic rings. The molecule has 0 aliphatic carbocycles. The zero-order valence-electron chi connectivity index (χ0n) is 12.2. The van der Waals surface area contributed by atoms with Gasteiger partial charge < -0.3 is 15.2 Å². The standard InChI is InChI=1S/C16H17N3O2S/c1-2-21-15-10-12(8-9-14(15)20)11-17-19-16(22)18-13-6-4-3-5-7-13/h3-11,20H,2H2,1H3,(H2,18,19,22)/p+1. The van der Waals surface area contributed by atoms with Crippen LogP contribution in [0.15, 0.2) is 48.5 Å². The lowest BCUT2D eigenvalue weighted by molar-refractivity contribution is -0.499. The van der Waals surface area contributed by atoms with E-state index in [0.29, 0.717) is 17.5 Å². The van der Waals surface area contributed by atoms with E-state index in [1.807, 2.05) is 37.3 Å². The largest absolute Gasteiger partial charge is 0.504 e. The van der Waals surface area contributed by atoms with Gasteiger partial charge in [-0.1, -0.05) is 18.2 Å². The quantitative estimate of drug-likeness (QED) is 0.379. The Bertz CT molecular complexity index is 660. The van der Waals surface area contributed by atoms with E-state index in [0.717, 1.165) is 11.3 Å². The molecule has 4 N–H and O–H groups in total. The number of ether oxygens (including phenoxy) is 1. The summed E-state index contributed by atoms with van der Waals surface area (Å²) in [7, 11) is 0. The number of hydrazone groups is 1. The van der Waals surface area contributed by atoms with Crippen LogP contribution in [0.3, 0.4) is 0 Å². The molecule has 22 heavy (non-hydrogen) atoms. The van der Waals surface area contributed by atoms with E-state index < -0.39 is 0 Å². The fraction of sp³-hybridized carbons (Fsp3) is 0.125. The van der Waals surface area contributed by atoms with Crippen molar-refractivity contribution in [2.45, 2.75) is 6.92 Å². The third kappa shape index (κ3) is 4.75. The van der Waals surface area contributed by atoms with Gasteiger partial charge in [-0.25, -0.2) is 0 Å². The van der Waals surface area contributed by atoms with E-state index >= 15 is 0 Å². The van der Waals surface area contributed by atoms with Gasteiger partial charge >= 0.3 is 0 Å². The molecule has 2 rings (SSSR count). The average Bonchev–Trinajstić information content (AvgIpc) is 2.51. The Kier molecular flexibility index (Phi) is 5.73. The Balaban J connectivity index is 1.92. The fourth-order valence-corrected chi connectivity index (χ4v) is 1.94. The summed E-state index contributed by atoms with van der Waals surface area (Å²) >= 11 is 5.17. The van der Waals surface area contributed by atoms with Gasteiger partial charge in [0, 0.05) is 11.3 Å². The Labute approximate surface area is 134 Å². The van der Waals surface area contributed by atoms with Crippen LogP contribution in [-0.2, 0) is 0 Å². The van der Waals surface area contributed by atoms with Crippen LogP contribution in [0.1, 0.15) is 12.5 Å². The molecule has 0 bridgehead atoms. The van der Waals surface area contributed by atoms with E-state index in [1.54, 1.807) is 24.4 Å². The highest BCUT2D eigenvalue weighted by molar-refractivity contribution is 7.80. The lowest BCUT2D eigenvalue weighted by Crippen LogP contribution is -2.82. The molecule has 0 radical (unpaired) electrons. The van der Waals surface area contributed by atoms with Crippen molar-refractivity contribution in [3.8, 4) is 11.5 Å². The van der Waals surface area contributed by atoms with Crippen LogP contribution in [0.4, 0.5) is 5.69 Å². The van der Waals surface area contributed by atoms with Crippen molar-refractivity contribution >= 4 is 29.2 Å². The third-order valence-electron chi connectivity index (χ3n) is 2.74. The number of benzene rings is 2. The summed E-state index contributed by atoms with van der Waals surface area (Å²) in [5.41, 5.74) is 4.61. The first-order chi connectivity index (χ1) is 10.7. The highest BCUT2D eigenvalue weighted by Gasteiger charge is 2.04. The molecule has 0 aromatic heterocycles. The minimum absolute atomic E-state index is 0.119. The van der Waals surface area contributed by atoms with Gasteiger partial charge in [0.2, 0.25) is 5.11 Å². The molecule has 2 aromatic rings. The molecule has 5 nitrogen and oxygen atoms in total. The van der Waals surface area contributed by atoms with Crippen molar-refractivity contribution < 1.29 is 14.9 Å². The topological polar surface area (TPSA) is 67.5 Å². The SMILES string of the molecule is CCOc1cc(C=[NH+]NC(=S)Nc2ccccc2)ccc1O. The van der Waals surface area contributed by atoms with Crippen LogP contribution in [-0.4, -0.2) is 23.0 Å². The number of phenols is 1. The van der Waals surface area contributed by atoms with Crippen molar-refractivity contribution in [1.29, 1.82) is 0 Å². The van der Waals surface area contributed by atoms with Crippen LogP contribution >= 0.6 is 12.2 Å². The zero-order valence-corrected chi connectivity index (χ0v) is 13.0. The molecule has 0 saturated carbocycles. The second kappa shape index (κ2) is 7.99. The van der Waals surface area contributed by atoms with E-state index in [-0.39, 0.29) is 5.75 Å². The number of hydrazine groups is 1. The number of thiocarbonyl (C=S) groups is 1. The number of aromatic hydroxyl groups is 1. The van der Waals surface area contributed by atoms with Gasteiger partial charge in [0.05, 0.1) is 6.61 Å². The maximum Gasteiger partial charge on any atom is 0.228 e. The van der Waals surface area contributed by atoms with Crippen LogP contribution in [0.2, 0.25) is 0 Å². The van der Waals surface area contributed by atoms with Crippen molar-refractivity contribution in [3.63, 3.8) is 0 Å². The Morgan fingerprint density at radius 3 is 2.77 bits per heavy atom. The monoisotopic (exact) mass is 316 g/mol. The predicted octanol–water partition coefficient (Wildman–Crippen LogP) is 1.19. The molecule has 0 unspecified atom stereocenters. The third-order valence-corrected chi connectivity index (χ3v) is 2.94. The second-order valence-corrected chi connectivity index (χ2v) is 4.80. The number of para-hydroxylation sites is 1. The summed E-state index contributed by atoms with van der Waals surface area (Å²) in [6.07, 6.45) is 1.72.